The van der Waals surface area contributed by atoms with Crippen molar-refractivity contribution in [1.29, 1.82) is 0 Å². The van der Waals surface area contributed by atoms with E-state index >= 15 is 0 Å². The van der Waals surface area contributed by atoms with Crippen molar-refractivity contribution in [1.82, 2.24) is 0 Å². The minimum absolute atomic E-state index is 0.119. The number of rotatable bonds is 5. The van der Waals surface area contributed by atoms with Crippen molar-refractivity contribution in [2.24, 2.45) is 0 Å². The first-order valence-electron chi connectivity index (χ1n) is 10.9. The van der Waals surface area contributed by atoms with E-state index in [1.807, 2.05) is 19.1 Å². The maximum Gasteiger partial charge on any atom is 0.300 e. The molecule has 1 atom stereocenters. The standard InChI is InChI=1S/C27H23ClFNO5/c1-4-35-22-12-16(7-10-21(22)31)24-23(25(32)18-11-14(2)5-6-15(18)3)26(33)27(34)30(24)17-8-9-20(29)19(28)13-17/h5-13,24,31-32H,4H2,1-3H3/b25-23+. The summed E-state index contributed by atoms with van der Waals surface area (Å²) in [4.78, 5) is 27.8. The van der Waals surface area contributed by atoms with Crippen LogP contribution in [-0.2, 0) is 9.59 Å². The van der Waals surface area contributed by atoms with Gasteiger partial charge >= 0.3 is 0 Å². The summed E-state index contributed by atoms with van der Waals surface area (Å²) in [6.45, 7) is 5.65. The van der Waals surface area contributed by atoms with Crippen molar-refractivity contribution in [2.75, 3.05) is 11.5 Å². The van der Waals surface area contributed by atoms with Gasteiger partial charge in [0.1, 0.15) is 11.6 Å². The minimum atomic E-state index is -1.09. The molecule has 1 saturated heterocycles. The highest BCUT2D eigenvalue weighted by molar-refractivity contribution is 6.51. The van der Waals surface area contributed by atoms with Gasteiger partial charge in [-0.2, -0.15) is 0 Å². The third-order valence-electron chi connectivity index (χ3n) is 5.87. The number of aliphatic hydroxyl groups excluding tert-OH is 1. The predicted octanol–water partition coefficient (Wildman–Crippen LogP) is 5.83. The number of phenols is 1. The number of aromatic hydroxyl groups is 1. The largest absolute Gasteiger partial charge is 0.507 e. The Labute approximate surface area is 206 Å². The second-order valence-electron chi connectivity index (χ2n) is 8.25. The lowest BCUT2D eigenvalue weighted by Crippen LogP contribution is -2.29. The Balaban J connectivity index is 2.00. The molecule has 0 saturated carbocycles. The van der Waals surface area contributed by atoms with Crippen molar-refractivity contribution in [3.8, 4) is 11.5 Å². The average Bonchev–Trinajstić information content (AvgIpc) is 3.09. The fourth-order valence-corrected chi connectivity index (χ4v) is 4.33. The summed E-state index contributed by atoms with van der Waals surface area (Å²) in [6, 6.07) is 12.4. The van der Waals surface area contributed by atoms with Crippen molar-refractivity contribution in [2.45, 2.75) is 26.8 Å². The Hall–Kier alpha value is -3.84. The lowest BCUT2D eigenvalue weighted by atomic mass is 9.93. The van der Waals surface area contributed by atoms with Crippen LogP contribution in [0.5, 0.6) is 11.5 Å². The van der Waals surface area contributed by atoms with Crippen molar-refractivity contribution in [3.63, 3.8) is 0 Å². The van der Waals surface area contributed by atoms with Crippen LogP contribution in [0.2, 0.25) is 5.02 Å². The van der Waals surface area contributed by atoms with E-state index in [4.69, 9.17) is 16.3 Å². The van der Waals surface area contributed by atoms with E-state index in [1.165, 1.54) is 30.3 Å². The molecule has 0 aliphatic carbocycles. The molecule has 1 aliphatic rings. The quantitative estimate of drug-likeness (QED) is 0.264. The SMILES string of the molecule is CCOc1cc(C2/C(=C(\O)c3cc(C)ccc3C)C(=O)C(=O)N2c2ccc(F)c(Cl)c2)ccc1O. The van der Waals surface area contributed by atoms with Gasteiger partial charge in [-0.3, -0.25) is 14.5 Å². The third-order valence-corrected chi connectivity index (χ3v) is 6.16. The van der Waals surface area contributed by atoms with Gasteiger partial charge in [-0.25, -0.2) is 4.39 Å². The number of benzene rings is 3. The summed E-state index contributed by atoms with van der Waals surface area (Å²) in [5.74, 6) is -2.79. The summed E-state index contributed by atoms with van der Waals surface area (Å²) >= 11 is 5.98. The first kappa shape index (κ1) is 24.3. The molecule has 0 aromatic heterocycles. The Morgan fingerprint density at radius 3 is 2.51 bits per heavy atom. The number of amides is 1. The summed E-state index contributed by atoms with van der Waals surface area (Å²) in [5, 5.41) is 21.3. The van der Waals surface area contributed by atoms with E-state index in [1.54, 1.807) is 19.9 Å². The molecule has 1 unspecified atom stereocenters. The fourth-order valence-electron chi connectivity index (χ4n) is 4.16. The Bertz CT molecular complexity index is 1380. The zero-order chi connectivity index (χ0) is 25.4. The van der Waals surface area contributed by atoms with Gasteiger partial charge < -0.3 is 14.9 Å². The van der Waals surface area contributed by atoms with E-state index in [-0.39, 0.29) is 40.1 Å². The van der Waals surface area contributed by atoms with E-state index < -0.39 is 23.5 Å². The highest BCUT2D eigenvalue weighted by Gasteiger charge is 2.47. The van der Waals surface area contributed by atoms with Crippen LogP contribution in [0.4, 0.5) is 10.1 Å². The molecule has 3 aromatic rings. The molecule has 1 aliphatic heterocycles. The molecule has 6 nitrogen and oxygen atoms in total. The Morgan fingerprint density at radius 1 is 1.09 bits per heavy atom. The topological polar surface area (TPSA) is 87.1 Å². The van der Waals surface area contributed by atoms with Gasteiger partial charge in [-0.1, -0.05) is 35.4 Å². The minimum Gasteiger partial charge on any atom is -0.507 e. The molecule has 0 bridgehead atoms. The molecule has 180 valence electrons. The van der Waals surface area contributed by atoms with Crippen LogP contribution in [0.1, 0.15) is 35.2 Å². The molecular formula is C27H23ClFNO5. The number of aliphatic hydroxyl groups is 1. The summed E-state index contributed by atoms with van der Waals surface area (Å²) in [7, 11) is 0. The van der Waals surface area contributed by atoms with E-state index in [0.717, 1.165) is 16.5 Å². The number of Topliss-reactive ketones (excluding diaryl/α,β-unsaturated/α-hetero) is 1. The van der Waals surface area contributed by atoms with Gasteiger partial charge in [0.05, 0.1) is 23.2 Å². The second kappa shape index (κ2) is 9.43. The monoisotopic (exact) mass is 495 g/mol. The Kier molecular flexibility index (Phi) is 6.54. The van der Waals surface area contributed by atoms with Crippen LogP contribution in [-0.4, -0.2) is 28.5 Å². The summed E-state index contributed by atoms with van der Waals surface area (Å²) in [5.41, 5.74) is 2.42. The Morgan fingerprint density at radius 2 is 1.83 bits per heavy atom. The molecule has 1 heterocycles. The zero-order valence-electron chi connectivity index (χ0n) is 19.3. The molecule has 35 heavy (non-hydrogen) atoms. The van der Waals surface area contributed by atoms with Gasteiger partial charge in [-0.15, -0.1) is 0 Å². The molecule has 2 N–H and O–H groups in total. The van der Waals surface area contributed by atoms with E-state index in [9.17, 15) is 24.2 Å². The number of ether oxygens (including phenoxy) is 1. The second-order valence-corrected chi connectivity index (χ2v) is 8.65. The van der Waals surface area contributed by atoms with Gasteiger partial charge in [0.15, 0.2) is 11.5 Å². The number of carbonyl (C=O) groups is 2. The average molecular weight is 496 g/mol. The van der Waals surface area contributed by atoms with Crippen LogP contribution in [0.3, 0.4) is 0 Å². The van der Waals surface area contributed by atoms with Crippen LogP contribution in [0.15, 0.2) is 60.2 Å². The maximum absolute atomic E-state index is 13.9. The van der Waals surface area contributed by atoms with Crippen molar-refractivity contribution < 1.29 is 28.9 Å². The van der Waals surface area contributed by atoms with Crippen molar-refractivity contribution in [3.05, 3.63) is 93.3 Å². The highest BCUT2D eigenvalue weighted by Crippen LogP contribution is 2.44. The number of hydrogen-bond donors (Lipinski definition) is 2. The van der Waals surface area contributed by atoms with Crippen LogP contribution in [0, 0.1) is 19.7 Å². The van der Waals surface area contributed by atoms with Crippen LogP contribution >= 0.6 is 11.6 Å². The molecule has 8 heteroatoms. The molecule has 4 rings (SSSR count). The third kappa shape index (κ3) is 4.35. The molecule has 1 amide bonds. The van der Waals surface area contributed by atoms with Crippen molar-refractivity contribution >= 4 is 34.7 Å². The van der Waals surface area contributed by atoms with E-state index in [0.29, 0.717) is 16.7 Å². The molecule has 3 aromatic carbocycles. The lowest BCUT2D eigenvalue weighted by Gasteiger charge is -2.26. The molecule has 1 fully saturated rings. The van der Waals surface area contributed by atoms with Gasteiger partial charge in [-0.05, 0) is 68.3 Å². The normalized spacial score (nSPS) is 17.2. The highest BCUT2D eigenvalue weighted by atomic mass is 35.5. The smallest absolute Gasteiger partial charge is 0.300 e. The zero-order valence-corrected chi connectivity index (χ0v) is 20.1. The number of halogens is 2. The van der Waals surface area contributed by atoms with Crippen LogP contribution in [0.25, 0.3) is 5.76 Å². The number of carbonyl (C=O) groups excluding carboxylic acids is 2. The van der Waals surface area contributed by atoms with Crippen LogP contribution < -0.4 is 9.64 Å². The van der Waals surface area contributed by atoms with Gasteiger partial charge in [0, 0.05) is 11.3 Å². The first-order chi connectivity index (χ1) is 16.6. The van der Waals surface area contributed by atoms with Gasteiger partial charge in [0.2, 0.25) is 0 Å². The molecule has 0 radical (unpaired) electrons. The summed E-state index contributed by atoms with van der Waals surface area (Å²) < 4.78 is 19.4. The number of nitrogens with zero attached hydrogens (tertiary/aromatic N) is 1. The number of ketones is 1. The number of anilines is 1. The number of aryl methyl sites for hydroxylation is 2. The number of phenolic OH excluding ortho intramolecular Hbond substituents is 1. The predicted molar refractivity (Wildman–Crippen MR) is 131 cm³/mol. The molecular weight excluding hydrogens is 473 g/mol. The van der Waals surface area contributed by atoms with E-state index in [2.05, 4.69) is 0 Å². The first-order valence-corrected chi connectivity index (χ1v) is 11.3. The molecule has 0 spiro atoms. The number of hydrogen-bond acceptors (Lipinski definition) is 5. The summed E-state index contributed by atoms with van der Waals surface area (Å²) in [6.07, 6.45) is 0. The fraction of sp³-hybridized carbons (Fsp3) is 0.185. The lowest BCUT2D eigenvalue weighted by molar-refractivity contribution is -0.132. The maximum atomic E-state index is 13.9. The van der Waals surface area contributed by atoms with Gasteiger partial charge in [0.25, 0.3) is 11.7 Å².